The number of hydrogen-bond acceptors (Lipinski definition) is 5. The van der Waals surface area contributed by atoms with Gasteiger partial charge in [0.2, 0.25) is 0 Å². The summed E-state index contributed by atoms with van der Waals surface area (Å²) in [5, 5.41) is 2.16. The predicted molar refractivity (Wildman–Crippen MR) is 136 cm³/mol. The molecular formula is C23H19Cl5N2O5. The summed E-state index contributed by atoms with van der Waals surface area (Å²) in [4.78, 5) is 52.3. The average Bonchev–Trinajstić information content (AvgIpc) is 3.05. The molecule has 35 heavy (non-hydrogen) atoms. The largest absolute Gasteiger partial charge is 0.454 e. The van der Waals surface area contributed by atoms with Gasteiger partial charge in [-0.3, -0.25) is 19.3 Å². The maximum Gasteiger partial charge on any atom is 0.329 e. The van der Waals surface area contributed by atoms with Crippen molar-refractivity contribution in [2.45, 2.75) is 33.2 Å². The number of nitrogens with zero attached hydrogens (tertiary/aromatic N) is 1. The molecule has 12 heteroatoms. The number of nitrogens with one attached hydrogen (secondary N) is 1. The van der Waals surface area contributed by atoms with Crippen molar-refractivity contribution < 1.29 is 23.9 Å². The number of aryl methyl sites for hydroxylation is 1. The summed E-state index contributed by atoms with van der Waals surface area (Å²) in [5.41, 5.74) is 0.758. The van der Waals surface area contributed by atoms with Crippen LogP contribution in [-0.2, 0) is 14.3 Å². The van der Waals surface area contributed by atoms with Crippen molar-refractivity contribution in [3.8, 4) is 0 Å². The number of rotatable bonds is 7. The lowest BCUT2D eigenvalue weighted by atomic mass is 10.0. The number of carbonyl (C=O) groups is 4. The van der Waals surface area contributed by atoms with Gasteiger partial charge in [0, 0.05) is 10.7 Å². The second-order valence-electron chi connectivity index (χ2n) is 8.25. The maximum absolute atomic E-state index is 13.2. The molecule has 0 aliphatic carbocycles. The van der Waals surface area contributed by atoms with Crippen LogP contribution in [0.5, 0.6) is 0 Å². The summed E-state index contributed by atoms with van der Waals surface area (Å²) in [7, 11) is 0. The van der Waals surface area contributed by atoms with Crippen molar-refractivity contribution in [1.82, 2.24) is 4.90 Å². The number of esters is 1. The lowest BCUT2D eigenvalue weighted by Gasteiger charge is -2.26. The number of hydrogen-bond donors (Lipinski definition) is 1. The fourth-order valence-corrected chi connectivity index (χ4v) is 4.70. The normalized spacial score (nSPS) is 13.8. The number of fused-ring (bicyclic) bond motifs is 1. The molecule has 0 unspecified atom stereocenters. The van der Waals surface area contributed by atoms with E-state index in [1.165, 1.54) is 0 Å². The molecule has 2 aromatic carbocycles. The Bertz CT molecular complexity index is 1200. The van der Waals surface area contributed by atoms with E-state index < -0.39 is 36.3 Å². The minimum atomic E-state index is -1.34. The number of halogens is 5. The number of carbonyl (C=O) groups excluding carboxylic acids is 4. The molecule has 0 bridgehead atoms. The van der Waals surface area contributed by atoms with Crippen LogP contribution in [0.15, 0.2) is 18.2 Å². The van der Waals surface area contributed by atoms with Crippen LogP contribution in [0.25, 0.3) is 0 Å². The summed E-state index contributed by atoms with van der Waals surface area (Å²) in [6.07, 6.45) is 0.0657. The first-order valence-electron chi connectivity index (χ1n) is 10.3. The van der Waals surface area contributed by atoms with E-state index in [4.69, 9.17) is 62.7 Å². The van der Waals surface area contributed by atoms with Gasteiger partial charge in [-0.2, -0.15) is 0 Å². The molecule has 1 N–H and O–H groups in total. The van der Waals surface area contributed by atoms with Gasteiger partial charge in [0.25, 0.3) is 17.7 Å². The van der Waals surface area contributed by atoms with Crippen LogP contribution in [0.1, 0.15) is 46.5 Å². The van der Waals surface area contributed by atoms with Crippen LogP contribution in [-0.4, -0.2) is 41.2 Å². The molecular weight excluding hydrogens is 562 g/mol. The van der Waals surface area contributed by atoms with Crippen molar-refractivity contribution >= 4 is 87.4 Å². The molecule has 1 aliphatic heterocycles. The Hall–Kier alpha value is -2.03. The summed E-state index contributed by atoms with van der Waals surface area (Å²) < 4.78 is 5.16. The van der Waals surface area contributed by atoms with E-state index in [1.54, 1.807) is 32.0 Å². The molecule has 186 valence electrons. The van der Waals surface area contributed by atoms with Gasteiger partial charge in [0.1, 0.15) is 6.04 Å². The van der Waals surface area contributed by atoms with Crippen molar-refractivity contribution in [1.29, 1.82) is 0 Å². The molecule has 0 fully saturated rings. The Kier molecular flexibility index (Phi) is 8.60. The number of ether oxygens (including phenoxy) is 1. The summed E-state index contributed by atoms with van der Waals surface area (Å²) in [6.45, 7) is 4.74. The highest BCUT2D eigenvalue weighted by Gasteiger charge is 2.47. The zero-order valence-corrected chi connectivity index (χ0v) is 22.5. The van der Waals surface area contributed by atoms with Gasteiger partial charge in [-0.05, 0) is 37.0 Å². The minimum Gasteiger partial charge on any atom is -0.454 e. The average molecular weight is 581 g/mol. The molecule has 7 nitrogen and oxygen atoms in total. The predicted octanol–water partition coefficient (Wildman–Crippen LogP) is 6.45. The standard InChI is InChI=1S/C23H19Cl5N2O5/c1-9(2)6-13(23(34)35-8-14(31)29-11-5-4-10(3)12(24)7-11)30-21(32)15-16(22(30)33)18(26)20(28)19(27)17(15)25/h4-5,7,9,13H,6,8H2,1-3H3,(H,29,31)/t13-/m0/s1. The molecule has 0 saturated carbocycles. The molecule has 1 heterocycles. The first-order chi connectivity index (χ1) is 16.3. The number of benzene rings is 2. The number of anilines is 1. The summed E-state index contributed by atoms with van der Waals surface area (Å²) >= 11 is 30.5. The van der Waals surface area contributed by atoms with Gasteiger partial charge in [-0.25, -0.2) is 4.79 Å². The minimum absolute atomic E-state index is 0.0657. The lowest BCUT2D eigenvalue weighted by molar-refractivity contribution is -0.151. The molecule has 0 aromatic heterocycles. The van der Waals surface area contributed by atoms with E-state index >= 15 is 0 Å². The first kappa shape index (κ1) is 27.6. The fourth-order valence-electron chi connectivity index (χ4n) is 3.50. The molecule has 0 saturated heterocycles. The molecule has 3 rings (SSSR count). The van der Waals surface area contributed by atoms with Crippen molar-refractivity contribution in [3.63, 3.8) is 0 Å². The monoisotopic (exact) mass is 578 g/mol. The van der Waals surface area contributed by atoms with Crippen molar-refractivity contribution in [2.24, 2.45) is 5.92 Å². The van der Waals surface area contributed by atoms with E-state index in [1.807, 2.05) is 6.92 Å². The van der Waals surface area contributed by atoms with Crippen LogP contribution >= 0.6 is 58.0 Å². The van der Waals surface area contributed by atoms with Gasteiger partial charge >= 0.3 is 5.97 Å². The number of imide groups is 1. The third-order valence-electron chi connectivity index (χ3n) is 5.21. The molecule has 0 radical (unpaired) electrons. The van der Waals surface area contributed by atoms with E-state index in [9.17, 15) is 19.2 Å². The first-order valence-corrected chi connectivity index (χ1v) is 12.2. The number of amides is 3. The smallest absolute Gasteiger partial charge is 0.329 e. The van der Waals surface area contributed by atoms with Crippen LogP contribution < -0.4 is 5.32 Å². The van der Waals surface area contributed by atoms with Crippen LogP contribution in [0, 0.1) is 12.8 Å². The molecule has 0 spiro atoms. The lowest BCUT2D eigenvalue weighted by Crippen LogP contribution is -2.47. The highest BCUT2D eigenvalue weighted by molar-refractivity contribution is 6.55. The highest BCUT2D eigenvalue weighted by Crippen LogP contribution is 2.45. The van der Waals surface area contributed by atoms with Crippen molar-refractivity contribution in [2.75, 3.05) is 11.9 Å². The van der Waals surface area contributed by atoms with E-state index in [0.717, 1.165) is 10.5 Å². The Labute approximate surface area is 226 Å². The van der Waals surface area contributed by atoms with Gasteiger partial charge < -0.3 is 10.1 Å². The summed E-state index contributed by atoms with van der Waals surface area (Å²) in [6, 6.07) is 3.58. The van der Waals surface area contributed by atoms with E-state index in [2.05, 4.69) is 5.32 Å². The molecule has 1 atom stereocenters. The SMILES string of the molecule is Cc1ccc(NC(=O)COC(=O)[C@H](CC(C)C)N2C(=O)c3c(Cl)c(Cl)c(Cl)c(Cl)c3C2=O)cc1Cl. The highest BCUT2D eigenvalue weighted by atomic mass is 35.5. The Morgan fingerprint density at radius 2 is 1.49 bits per heavy atom. The Balaban J connectivity index is 1.81. The third kappa shape index (κ3) is 5.54. The van der Waals surface area contributed by atoms with E-state index in [-0.39, 0.29) is 43.6 Å². The molecule has 3 amide bonds. The fraction of sp³-hybridized carbons (Fsp3) is 0.304. The maximum atomic E-state index is 13.2. The topological polar surface area (TPSA) is 92.8 Å². The Morgan fingerprint density at radius 3 is 1.97 bits per heavy atom. The van der Waals surface area contributed by atoms with Gasteiger partial charge in [-0.1, -0.05) is 77.9 Å². The van der Waals surface area contributed by atoms with Gasteiger partial charge in [-0.15, -0.1) is 0 Å². The van der Waals surface area contributed by atoms with Gasteiger partial charge in [0.05, 0.1) is 31.2 Å². The van der Waals surface area contributed by atoms with E-state index in [0.29, 0.717) is 10.7 Å². The summed E-state index contributed by atoms with van der Waals surface area (Å²) in [5.74, 6) is -3.43. The second-order valence-corrected chi connectivity index (χ2v) is 10.2. The Morgan fingerprint density at radius 1 is 0.943 bits per heavy atom. The molecule has 1 aliphatic rings. The van der Waals surface area contributed by atoms with Crippen LogP contribution in [0.2, 0.25) is 25.1 Å². The van der Waals surface area contributed by atoms with Gasteiger partial charge in [0.15, 0.2) is 6.61 Å². The van der Waals surface area contributed by atoms with Crippen LogP contribution in [0.4, 0.5) is 5.69 Å². The van der Waals surface area contributed by atoms with Crippen molar-refractivity contribution in [3.05, 3.63) is 60.0 Å². The third-order valence-corrected chi connectivity index (χ3v) is 7.42. The second kappa shape index (κ2) is 10.9. The quantitative estimate of drug-likeness (QED) is 0.176. The zero-order valence-electron chi connectivity index (χ0n) is 18.7. The zero-order chi connectivity index (χ0) is 26.2. The van der Waals surface area contributed by atoms with Crippen LogP contribution in [0.3, 0.4) is 0 Å². The molecule has 2 aromatic rings.